The van der Waals surface area contributed by atoms with Crippen molar-refractivity contribution in [3.05, 3.63) is 53.9 Å². The highest BCUT2D eigenvalue weighted by Crippen LogP contribution is 2.22. The SMILES string of the molecule is CCN(CCc1nc2ccc(OC)cc2[nH]1)C(=O)c1ccccc1-c1nn[nH]n1. The van der Waals surface area contributed by atoms with E-state index in [2.05, 4.69) is 30.6 Å². The van der Waals surface area contributed by atoms with E-state index in [1.807, 2.05) is 43.3 Å². The monoisotopic (exact) mass is 391 g/mol. The van der Waals surface area contributed by atoms with Gasteiger partial charge >= 0.3 is 0 Å². The van der Waals surface area contributed by atoms with Crippen LogP contribution in [-0.2, 0) is 6.42 Å². The average molecular weight is 391 g/mol. The lowest BCUT2D eigenvalue weighted by atomic mass is 10.1. The van der Waals surface area contributed by atoms with Gasteiger partial charge in [-0.15, -0.1) is 10.2 Å². The number of carbonyl (C=O) groups excluding carboxylic acids is 1. The Morgan fingerprint density at radius 2 is 2.07 bits per heavy atom. The highest BCUT2D eigenvalue weighted by atomic mass is 16.5. The summed E-state index contributed by atoms with van der Waals surface area (Å²) in [5.41, 5.74) is 2.99. The van der Waals surface area contributed by atoms with Gasteiger partial charge in [-0.1, -0.05) is 18.2 Å². The number of benzene rings is 2. The zero-order chi connectivity index (χ0) is 20.2. The van der Waals surface area contributed by atoms with Gasteiger partial charge < -0.3 is 14.6 Å². The number of nitrogens with one attached hydrogen (secondary N) is 2. The second-order valence-corrected chi connectivity index (χ2v) is 6.48. The summed E-state index contributed by atoms with van der Waals surface area (Å²) < 4.78 is 5.25. The van der Waals surface area contributed by atoms with E-state index >= 15 is 0 Å². The third-order valence-corrected chi connectivity index (χ3v) is 4.77. The molecule has 0 spiro atoms. The van der Waals surface area contributed by atoms with E-state index < -0.39 is 0 Å². The van der Waals surface area contributed by atoms with Gasteiger partial charge in [0.1, 0.15) is 11.6 Å². The van der Waals surface area contributed by atoms with Gasteiger partial charge in [0.2, 0.25) is 5.82 Å². The van der Waals surface area contributed by atoms with Gasteiger partial charge in [-0.3, -0.25) is 4.79 Å². The predicted molar refractivity (Wildman–Crippen MR) is 108 cm³/mol. The minimum Gasteiger partial charge on any atom is -0.497 e. The van der Waals surface area contributed by atoms with E-state index in [9.17, 15) is 4.79 Å². The number of amides is 1. The van der Waals surface area contributed by atoms with Crippen LogP contribution < -0.4 is 4.74 Å². The number of H-pyrrole nitrogens is 2. The van der Waals surface area contributed by atoms with Crippen molar-refractivity contribution in [3.8, 4) is 17.1 Å². The number of aromatic amines is 2. The molecule has 0 aliphatic carbocycles. The number of hydrogen-bond acceptors (Lipinski definition) is 6. The van der Waals surface area contributed by atoms with Gasteiger partial charge in [-0.05, 0) is 30.3 Å². The smallest absolute Gasteiger partial charge is 0.254 e. The number of imidazole rings is 1. The quantitative estimate of drug-likeness (QED) is 0.500. The van der Waals surface area contributed by atoms with Gasteiger partial charge in [0, 0.05) is 31.1 Å². The van der Waals surface area contributed by atoms with E-state index in [-0.39, 0.29) is 5.91 Å². The van der Waals surface area contributed by atoms with Gasteiger partial charge in [-0.2, -0.15) is 5.21 Å². The van der Waals surface area contributed by atoms with Gasteiger partial charge in [0.05, 0.1) is 23.7 Å². The number of rotatable bonds is 7. The molecule has 29 heavy (non-hydrogen) atoms. The van der Waals surface area contributed by atoms with Crippen LogP contribution in [0, 0.1) is 0 Å². The lowest BCUT2D eigenvalue weighted by molar-refractivity contribution is 0.0766. The third kappa shape index (κ3) is 3.79. The van der Waals surface area contributed by atoms with Crippen LogP contribution >= 0.6 is 0 Å². The summed E-state index contributed by atoms with van der Waals surface area (Å²) in [5, 5.41) is 14.0. The zero-order valence-electron chi connectivity index (χ0n) is 16.2. The van der Waals surface area contributed by atoms with Gasteiger partial charge in [0.25, 0.3) is 5.91 Å². The molecule has 2 aromatic heterocycles. The molecule has 0 saturated carbocycles. The number of tetrazole rings is 1. The molecular weight excluding hydrogens is 370 g/mol. The fourth-order valence-corrected chi connectivity index (χ4v) is 3.24. The third-order valence-electron chi connectivity index (χ3n) is 4.77. The first kappa shape index (κ1) is 18.6. The van der Waals surface area contributed by atoms with Crippen LogP contribution in [0.4, 0.5) is 0 Å². The fraction of sp³-hybridized carbons (Fsp3) is 0.250. The summed E-state index contributed by atoms with van der Waals surface area (Å²) in [5.74, 6) is 1.92. The summed E-state index contributed by atoms with van der Waals surface area (Å²) in [6, 6.07) is 13.0. The Bertz CT molecular complexity index is 1120. The first-order valence-electron chi connectivity index (χ1n) is 9.34. The molecule has 0 aliphatic heterocycles. The first-order chi connectivity index (χ1) is 14.2. The maximum absolute atomic E-state index is 13.2. The Morgan fingerprint density at radius 3 is 2.83 bits per heavy atom. The molecule has 2 heterocycles. The summed E-state index contributed by atoms with van der Waals surface area (Å²) in [7, 11) is 1.63. The van der Waals surface area contributed by atoms with Crippen LogP contribution in [0.15, 0.2) is 42.5 Å². The molecule has 0 saturated heterocycles. The molecule has 0 aliphatic rings. The van der Waals surface area contributed by atoms with Crippen molar-refractivity contribution in [2.45, 2.75) is 13.3 Å². The van der Waals surface area contributed by atoms with Crippen molar-refractivity contribution >= 4 is 16.9 Å². The lowest BCUT2D eigenvalue weighted by Crippen LogP contribution is -2.33. The Labute approximate surface area is 167 Å². The molecule has 0 atom stereocenters. The Kier molecular flexibility index (Phi) is 5.19. The van der Waals surface area contributed by atoms with Crippen LogP contribution in [0.5, 0.6) is 5.75 Å². The normalized spacial score (nSPS) is 11.0. The Balaban J connectivity index is 1.52. The van der Waals surface area contributed by atoms with Crippen LogP contribution in [0.2, 0.25) is 0 Å². The largest absolute Gasteiger partial charge is 0.497 e. The van der Waals surface area contributed by atoms with Crippen molar-refractivity contribution < 1.29 is 9.53 Å². The van der Waals surface area contributed by atoms with Gasteiger partial charge in [-0.25, -0.2) is 4.98 Å². The molecule has 1 amide bonds. The van der Waals surface area contributed by atoms with E-state index in [0.29, 0.717) is 36.5 Å². The van der Waals surface area contributed by atoms with Crippen LogP contribution in [0.25, 0.3) is 22.4 Å². The summed E-state index contributed by atoms with van der Waals surface area (Å²) in [6.45, 7) is 3.07. The highest BCUT2D eigenvalue weighted by molar-refractivity contribution is 6.00. The maximum Gasteiger partial charge on any atom is 0.254 e. The molecule has 0 unspecified atom stereocenters. The van der Waals surface area contributed by atoms with Gasteiger partial charge in [0.15, 0.2) is 0 Å². The molecule has 0 fully saturated rings. The van der Waals surface area contributed by atoms with Crippen molar-refractivity contribution in [3.63, 3.8) is 0 Å². The van der Waals surface area contributed by atoms with E-state index in [1.165, 1.54) is 0 Å². The second kappa shape index (κ2) is 8.09. The van der Waals surface area contributed by atoms with E-state index in [1.54, 1.807) is 18.1 Å². The highest BCUT2D eigenvalue weighted by Gasteiger charge is 2.20. The molecule has 0 radical (unpaired) electrons. The molecule has 148 valence electrons. The number of nitrogens with zero attached hydrogens (tertiary/aromatic N) is 5. The van der Waals surface area contributed by atoms with Crippen molar-refractivity contribution in [1.82, 2.24) is 35.5 Å². The summed E-state index contributed by atoms with van der Waals surface area (Å²) in [4.78, 5) is 22.8. The number of hydrogen-bond donors (Lipinski definition) is 2. The first-order valence-corrected chi connectivity index (χ1v) is 9.34. The number of ether oxygens (including phenoxy) is 1. The number of carbonyl (C=O) groups is 1. The molecule has 9 heteroatoms. The maximum atomic E-state index is 13.2. The number of likely N-dealkylation sites (N-methyl/N-ethyl adjacent to an activating group) is 1. The van der Waals surface area contributed by atoms with Crippen molar-refractivity contribution in [2.75, 3.05) is 20.2 Å². The van der Waals surface area contributed by atoms with Crippen LogP contribution in [0.3, 0.4) is 0 Å². The van der Waals surface area contributed by atoms with Crippen LogP contribution in [-0.4, -0.2) is 61.6 Å². The molecule has 0 bridgehead atoms. The van der Waals surface area contributed by atoms with E-state index in [4.69, 9.17) is 4.74 Å². The Hall–Kier alpha value is -3.75. The predicted octanol–water partition coefficient (Wildman–Crippen LogP) is 2.46. The molecular formula is C20H21N7O2. The minimum absolute atomic E-state index is 0.0781. The van der Waals surface area contributed by atoms with E-state index in [0.717, 1.165) is 22.6 Å². The zero-order valence-corrected chi connectivity index (χ0v) is 16.2. The molecule has 2 N–H and O–H groups in total. The molecule has 4 rings (SSSR count). The number of aromatic nitrogens is 6. The standard InChI is InChI=1S/C20H21N7O2/c1-3-27(11-10-18-21-16-9-8-13(29-2)12-17(16)22-18)20(28)15-7-5-4-6-14(15)19-23-25-26-24-19/h4-9,12H,3,10-11H2,1-2H3,(H,21,22)(H,23,24,25,26). The number of fused-ring (bicyclic) bond motifs is 1. The topological polar surface area (TPSA) is 113 Å². The summed E-state index contributed by atoms with van der Waals surface area (Å²) >= 11 is 0. The Morgan fingerprint density at radius 1 is 1.21 bits per heavy atom. The van der Waals surface area contributed by atoms with Crippen molar-refractivity contribution in [1.29, 1.82) is 0 Å². The minimum atomic E-state index is -0.0781. The molecule has 2 aromatic carbocycles. The molecule has 9 nitrogen and oxygen atoms in total. The fourth-order valence-electron chi connectivity index (χ4n) is 3.24. The number of methoxy groups -OCH3 is 1. The lowest BCUT2D eigenvalue weighted by Gasteiger charge is -2.21. The molecule has 4 aromatic rings. The van der Waals surface area contributed by atoms with Crippen LogP contribution in [0.1, 0.15) is 23.1 Å². The second-order valence-electron chi connectivity index (χ2n) is 6.48. The average Bonchev–Trinajstić information content (AvgIpc) is 3.43. The van der Waals surface area contributed by atoms with Crippen molar-refractivity contribution in [2.24, 2.45) is 0 Å². The summed E-state index contributed by atoms with van der Waals surface area (Å²) in [6.07, 6.45) is 0.612.